The maximum Gasteiger partial charge on any atom is 0.143 e. The molecule has 3 aromatic rings. The topological polar surface area (TPSA) is 47.8 Å². The van der Waals surface area contributed by atoms with Gasteiger partial charge in [-0.3, -0.25) is 14.5 Å². The van der Waals surface area contributed by atoms with E-state index in [1.165, 1.54) is 0 Å². The van der Waals surface area contributed by atoms with Crippen LogP contribution >= 0.6 is 0 Å². The summed E-state index contributed by atoms with van der Waals surface area (Å²) in [5.41, 5.74) is 2.95. The van der Waals surface area contributed by atoms with Crippen molar-refractivity contribution in [1.29, 1.82) is 0 Å². The zero-order chi connectivity index (χ0) is 14.7. The van der Waals surface area contributed by atoms with Gasteiger partial charge in [0.25, 0.3) is 0 Å². The lowest BCUT2D eigenvalue weighted by molar-refractivity contribution is -0.117. The van der Waals surface area contributed by atoms with Crippen LogP contribution in [-0.2, 0) is 24.2 Å². The Morgan fingerprint density at radius 1 is 1.10 bits per heavy atom. The van der Waals surface area contributed by atoms with E-state index in [0.29, 0.717) is 12.8 Å². The van der Waals surface area contributed by atoms with Gasteiger partial charge in [-0.15, -0.1) is 0 Å². The van der Waals surface area contributed by atoms with Crippen molar-refractivity contribution in [1.82, 2.24) is 14.8 Å². The summed E-state index contributed by atoms with van der Waals surface area (Å²) >= 11 is 0. The highest BCUT2D eigenvalue weighted by Crippen LogP contribution is 2.19. The number of aromatic nitrogens is 3. The summed E-state index contributed by atoms with van der Waals surface area (Å²) in [7, 11) is 0. The van der Waals surface area contributed by atoms with Gasteiger partial charge in [-0.2, -0.15) is 5.10 Å². The van der Waals surface area contributed by atoms with E-state index in [1.54, 1.807) is 12.4 Å². The largest absolute Gasteiger partial charge is 0.299 e. The van der Waals surface area contributed by atoms with Crippen LogP contribution in [0.25, 0.3) is 10.9 Å². The Balaban J connectivity index is 1.83. The number of carbonyl (C=O) groups is 1. The molecule has 2 aromatic heterocycles. The monoisotopic (exact) mass is 279 g/mol. The van der Waals surface area contributed by atoms with Crippen LogP contribution in [-0.4, -0.2) is 20.5 Å². The average molecular weight is 279 g/mol. The van der Waals surface area contributed by atoms with E-state index in [9.17, 15) is 4.79 Å². The molecule has 0 aliphatic heterocycles. The molecule has 0 bridgehead atoms. The third-order valence-corrected chi connectivity index (χ3v) is 3.55. The fraction of sp³-hybridized carbons (Fsp3) is 0.235. The molecule has 0 saturated heterocycles. The number of pyridine rings is 1. The smallest absolute Gasteiger partial charge is 0.143 e. The van der Waals surface area contributed by atoms with Gasteiger partial charge in [-0.05, 0) is 30.7 Å². The summed E-state index contributed by atoms with van der Waals surface area (Å²) in [6.07, 6.45) is 4.22. The number of ketones is 1. The number of Topliss-reactive ketones (excluding diaryl/α,β-unsaturated/α-hetero) is 1. The molecule has 0 spiro atoms. The number of nitrogens with zero attached hydrogens (tertiary/aromatic N) is 3. The molecule has 21 heavy (non-hydrogen) atoms. The molecule has 0 aliphatic rings. The van der Waals surface area contributed by atoms with E-state index in [4.69, 9.17) is 0 Å². The van der Waals surface area contributed by atoms with Gasteiger partial charge in [0.05, 0.1) is 17.6 Å². The Hall–Kier alpha value is -2.49. The first-order valence-electron chi connectivity index (χ1n) is 7.13. The van der Waals surface area contributed by atoms with E-state index in [0.717, 1.165) is 28.7 Å². The van der Waals surface area contributed by atoms with Gasteiger partial charge >= 0.3 is 0 Å². The standard InChI is InChI=1S/C17H17N3O/c1-2-20-17-6-4-3-5-15(17)16(19-20)12-14(21)11-13-7-9-18-10-8-13/h3-10H,2,11-12H2,1H3. The van der Waals surface area contributed by atoms with Crippen LogP contribution in [0, 0.1) is 0 Å². The summed E-state index contributed by atoms with van der Waals surface area (Å²) in [6.45, 7) is 2.86. The molecular weight excluding hydrogens is 262 g/mol. The molecule has 0 amide bonds. The van der Waals surface area contributed by atoms with Gasteiger partial charge in [-0.1, -0.05) is 18.2 Å². The molecule has 0 N–H and O–H groups in total. The van der Waals surface area contributed by atoms with Crippen LogP contribution in [0.1, 0.15) is 18.2 Å². The molecule has 0 fully saturated rings. The zero-order valence-electron chi connectivity index (χ0n) is 12.0. The summed E-state index contributed by atoms with van der Waals surface area (Å²) in [5, 5.41) is 5.64. The minimum Gasteiger partial charge on any atom is -0.299 e. The van der Waals surface area contributed by atoms with Crippen LogP contribution in [0.15, 0.2) is 48.8 Å². The van der Waals surface area contributed by atoms with Crippen molar-refractivity contribution in [3.63, 3.8) is 0 Å². The molecule has 1 aromatic carbocycles. The molecule has 0 atom stereocenters. The van der Waals surface area contributed by atoms with Crippen molar-refractivity contribution in [3.8, 4) is 0 Å². The number of aryl methyl sites for hydroxylation is 1. The van der Waals surface area contributed by atoms with Crippen LogP contribution < -0.4 is 0 Å². The third kappa shape index (κ3) is 2.84. The zero-order valence-corrected chi connectivity index (χ0v) is 12.0. The Morgan fingerprint density at radius 2 is 1.86 bits per heavy atom. The highest BCUT2D eigenvalue weighted by molar-refractivity contribution is 5.89. The first-order chi connectivity index (χ1) is 10.3. The molecule has 0 radical (unpaired) electrons. The average Bonchev–Trinajstić information content (AvgIpc) is 2.86. The van der Waals surface area contributed by atoms with Crippen molar-refractivity contribution < 1.29 is 4.79 Å². The molecule has 2 heterocycles. The summed E-state index contributed by atoms with van der Waals surface area (Å²) in [5.74, 6) is 0.174. The van der Waals surface area contributed by atoms with E-state index in [2.05, 4.69) is 17.0 Å². The lowest BCUT2D eigenvalue weighted by atomic mass is 10.1. The van der Waals surface area contributed by atoms with Gasteiger partial charge in [0.15, 0.2) is 0 Å². The molecule has 106 valence electrons. The van der Waals surface area contributed by atoms with Crippen LogP contribution in [0.2, 0.25) is 0 Å². The lowest BCUT2D eigenvalue weighted by Gasteiger charge is -1.99. The minimum absolute atomic E-state index is 0.174. The highest BCUT2D eigenvalue weighted by Gasteiger charge is 2.13. The fourth-order valence-corrected chi connectivity index (χ4v) is 2.55. The van der Waals surface area contributed by atoms with E-state index < -0.39 is 0 Å². The highest BCUT2D eigenvalue weighted by atomic mass is 16.1. The quantitative estimate of drug-likeness (QED) is 0.721. The molecule has 0 saturated carbocycles. The summed E-state index contributed by atoms with van der Waals surface area (Å²) in [6, 6.07) is 11.8. The van der Waals surface area contributed by atoms with Crippen LogP contribution in [0.5, 0.6) is 0 Å². The van der Waals surface area contributed by atoms with Crippen molar-refractivity contribution in [3.05, 3.63) is 60.0 Å². The second kappa shape index (κ2) is 5.87. The Kier molecular flexibility index (Phi) is 3.77. The maximum atomic E-state index is 12.3. The first-order valence-corrected chi connectivity index (χ1v) is 7.13. The number of fused-ring (bicyclic) bond motifs is 1. The van der Waals surface area contributed by atoms with E-state index >= 15 is 0 Å². The Morgan fingerprint density at radius 3 is 2.62 bits per heavy atom. The second-order valence-corrected chi connectivity index (χ2v) is 5.03. The van der Waals surface area contributed by atoms with Crippen molar-refractivity contribution in [2.24, 2.45) is 0 Å². The van der Waals surface area contributed by atoms with E-state index in [-0.39, 0.29) is 5.78 Å². The van der Waals surface area contributed by atoms with Crippen LogP contribution in [0.3, 0.4) is 0 Å². The number of hydrogen-bond donors (Lipinski definition) is 0. The van der Waals surface area contributed by atoms with Gasteiger partial charge in [0.1, 0.15) is 5.78 Å². The number of rotatable bonds is 5. The SMILES string of the molecule is CCn1nc(CC(=O)Cc2ccncc2)c2ccccc21. The Bertz CT molecular complexity index is 762. The number of hydrogen-bond acceptors (Lipinski definition) is 3. The number of benzene rings is 1. The predicted octanol–water partition coefficient (Wildman–Crippen LogP) is 2.81. The number of carbonyl (C=O) groups excluding carboxylic acids is 1. The molecule has 3 rings (SSSR count). The predicted molar refractivity (Wildman–Crippen MR) is 82.1 cm³/mol. The van der Waals surface area contributed by atoms with Crippen molar-refractivity contribution in [2.45, 2.75) is 26.3 Å². The molecule has 0 aliphatic carbocycles. The second-order valence-electron chi connectivity index (χ2n) is 5.03. The minimum atomic E-state index is 0.174. The molecule has 0 unspecified atom stereocenters. The summed E-state index contributed by atoms with van der Waals surface area (Å²) < 4.78 is 1.95. The van der Waals surface area contributed by atoms with Gasteiger partial charge in [-0.25, -0.2) is 0 Å². The van der Waals surface area contributed by atoms with E-state index in [1.807, 2.05) is 41.1 Å². The van der Waals surface area contributed by atoms with Gasteiger partial charge in [0.2, 0.25) is 0 Å². The molecular formula is C17H17N3O. The van der Waals surface area contributed by atoms with Gasteiger partial charge in [0, 0.05) is 30.7 Å². The summed E-state index contributed by atoms with van der Waals surface area (Å²) in [4.78, 5) is 16.2. The maximum absolute atomic E-state index is 12.3. The normalized spacial score (nSPS) is 10.9. The van der Waals surface area contributed by atoms with Crippen molar-refractivity contribution in [2.75, 3.05) is 0 Å². The fourth-order valence-electron chi connectivity index (χ4n) is 2.55. The Labute approximate surface area is 123 Å². The number of para-hydroxylation sites is 1. The first kappa shape index (κ1) is 13.5. The third-order valence-electron chi connectivity index (χ3n) is 3.55. The molecule has 4 heteroatoms. The lowest BCUT2D eigenvalue weighted by Crippen LogP contribution is -2.08. The van der Waals surface area contributed by atoms with Crippen LogP contribution in [0.4, 0.5) is 0 Å². The molecule has 4 nitrogen and oxygen atoms in total. The van der Waals surface area contributed by atoms with Gasteiger partial charge < -0.3 is 0 Å². The van der Waals surface area contributed by atoms with Crippen molar-refractivity contribution >= 4 is 16.7 Å².